The number of rotatable bonds is 5. The molecule has 22 heavy (non-hydrogen) atoms. The number of likely N-dealkylation sites (tertiary alicyclic amines) is 1. The number of nitrogens with zero attached hydrogens (tertiary/aromatic N) is 2. The molecule has 0 aromatic carbocycles. The highest BCUT2D eigenvalue weighted by molar-refractivity contribution is 5.86. The monoisotopic (exact) mass is 304 g/mol. The van der Waals surface area contributed by atoms with E-state index in [1.807, 2.05) is 26.0 Å². The first kappa shape index (κ1) is 14.8. The second-order valence-electron chi connectivity index (χ2n) is 5.77. The van der Waals surface area contributed by atoms with E-state index in [2.05, 4.69) is 10.1 Å². The van der Waals surface area contributed by atoms with Gasteiger partial charge in [-0.1, -0.05) is 5.16 Å². The van der Waals surface area contributed by atoms with Crippen LogP contribution in [-0.4, -0.2) is 28.7 Å². The van der Waals surface area contributed by atoms with Gasteiger partial charge in [0.05, 0.1) is 18.7 Å². The number of aromatic nitrogens is 1. The van der Waals surface area contributed by atoms with Gasteiger partial charge in [0, 0.05) is 6.07 Å². The number of carbonyl (C=O) groups is 1. The molecule has 0 aliphatic carbocycles. The molecule has 1 fully saturated rings. The van der Waals surface area contributed by atoms with Crippen molar-refractivity contribution in [2.45, 2.75) is 45.4 Å². The first-order valence-corrected chi connectivity index (χ1v) is 7.57. The summed E-state index contributed by atoms with van der Waals surface area (Å²) in [6.45, 7) is 5.25. The van der Waals surface area contributed by atoms with Crippen LogP contribution in [0.1, 0.15) is 54.7 Å². The normalized spacial score (nSPS) is 19.0. The Bertz CT molecular complexity index is 618. The van der Waals surface area contributed by atoms with E-state index in [1.54, 1.807) is 12.3 Å². The van der Waals surface area contributed by atoms with Crippen molar-refractivity contribution >= 4 is 5.97 Å². The number of hydrogen-bond donors (Lipinski definition) is 0. The van der Waals surface area contributed by atoms with Gasteiger partial charge in [-0.15, -0.1) is 0 Å². The van der Waals surface area contributed by atoms with E-state index >= 15 is 0 Å². The Morgan fingerprint density at radius 2 is 2.32 bits per heavy atom. The van der Waals surface area contributed by atoms with Gasteiger partial charge in [0.15, 0.2) is 0 Å². The largest absolute Gasteiger partial charge is 0.457 e. The molecule has 1 aliphatic rings. The van der Waals surface area contributed by atoms with Crippen LogP contribution in [0.25, 0.3) is 0 Å². The molecule has 0 spiro atoms. The molecular formula is C16H20N2O4. The smallest absolute Gasteiger partial charge is 0.374 e. The van der Waals surface area contributed by atoms with Crippen molar-refractivity contribution in [2.75, 3.05) is 6.54 Å². The van der Waals surface area contributed by atoms with Crippen molar-refractivity contribution in [3.63, 3.8) is 0 Å². The van der Waals surface area contributed by atoms with Gasteiger partial charge in [-0.05, 0) is 45.4 Å². The number of furan rings is 1. The highest BCUT2D eigenvalue weighted by atomic mass is 16.6. The minimum atomic E-state index is -0.421. The lowest BCUT2D eigenvalue weighted by Gasteiger charge is -2.21. The first-order valence-electron chi connectivity index (χ1n) is 7.57. The van der Waals surface area contributed by atoms with Crippen LogP contribution in [0, 0.1) is 0 Å². The Morgan fingerprint density at radius 3 is 3.05 bits per heavy atom. The van der Waals surface area contributed by atoms with Crippen LogP contribution in [0.15, 0.2) is 33.4 Å². The van der Waals surface area contributed by atoms with E-state index in [4.69, 9.17) is 13.7 Å². The summed E-state index contributed by atoms with van der Waals surface area (Å²) >= 11 is 0. The van der Waals surface area contributed by atoms with E-state index < -0.39 is 5.97 Å². The number of carbonyl (C=O) groups excluding carboxylic acids is 1. The van der Waals surface area contributed by atoms with Crippen molar-refractivity contribution in [3.05, 3.63) is 41.7 Å². The molecule has 3 rings (SSSR count). The molecule has 118 valence electrons. The maximum absolute atomic E-state index is 11.8. The predicted molar refractivity (Wildman–Crippen MR) is 78.1 cm³/mol. The highest BCUT2D eigenvalue weighted by Crippen LogP contribution is 2.32. The van der Waals surface area contributed by atoms with Gasteiger partial charge >= 0.3 is 5.97 Å². The Labute approximate surface area is 129 Å². The number of ether oxygens (including phenoxy) is 1. The van der Waals surface area contributed by atoms with Crippen LogP contribution in [0.4, 0.5) is 0 Å². The fraction of sp³-hybridized carbons (Fsp3) is 0.500. The third kappa shape index (κ3) is 3.22. The molecular weight excluding hydrogens is 284 g/mol. The summed E-state index contributed by atoms with van der Waals surface area (Å²) in [5.74, 6) is 0.586. The quantitative estimate of drug-likeness (QED) is 0.790. The predicted octanol–water partition coefficient (Wildman–Crippen LogP) is 3.17. The lowest BCUT2D eigenvalue weighted by molar-refractivity contribution is 0.0337. The number of hydrogen-bond acceptors (Lipinski definition) is 6. The zero-order valence-electron chi connectivity index (χ0n) is 12.8. The maximum Gasteiger partial charge on any atom is 0.374 e. The van der Waals surface area contributed by atoms with Crippen molar-refractivity contribution in [1.82, 2.24) is 10.1 Å². The van der Waals surface area contributed by atoms with Crippen LogP contribution in [0.2, 0.25) is 0 Å². The lowest BCUT2D eigenvalue weighted by Crippen LogP contribution is -2.22. The molecule has 6 nitrogen and oxygen atoms in total. The average molecular weight is 304 g/mol. The van der Waals surface area contributed by atoms with Crippen LogP contribution in [0.3, 0.4) is 0 Å². The fourth-order valence-corrected chi connectivity index (χ4v) is 2.79. The molecule has 0 amide bonds. The third-order valence-corrected chi connectivity index (χ3v) is 3.73. The molecule has 1 saturated heterocycles. The molecule has 0 unspecified atom stereocenters. The molecule has 1 atom stereocenters. The fourth-order valence-electron chi connectivity index (χ4n) is 2.79. The summed E-state index contributed by atoms with van der Waals surface area (Å²) < 4.78 is 15.7. The maximum atomic E-state index is 11.8. The summed E-state index contributed by atoms with van der Waals surface area (Å²) in [7, 11) is 0. The highest BCUT2D eigenvalue weighted by Gasteiger charge is 2.29. The molecule has 2 aromatic rings. The summed E-state index contributed by atoms with van der Waals surface area (Å²) in [6.07, 6.45) is 3.60. The van der Waals surface area contributed by atoms with Gasteiger partial charge in [-0.25, -0.2) is 4.79 Å². The van der Waals surface area contributed by atoms with Gasteiger partial charge in [-0.3, -0.25) is 4.90 Å². The van der Waals surface area contributed by atoms with E-state index in [0.29, 0.717) is 6.54 Å². The van der Waals surface area contributed by atoms with Crippen LogP contribution < -0.4 is 0 Å². The molecule has 1 aliphatic heterocycles. The summed E-state index contributed by atoms with van der Waals surface area (Å²) in [6, 6.07) is 5.64. The number of esters is 1. The zero-order chi connectivity index (χ0) is 15.5. The molecule has 0 bridgehead atoms. The molecule has 2 aromatic heterocycles. The van der Waals surface area contributed by atoms with E-state index in [-0.39, 0.29) is 17.9 Å². The summed E-state index contributed by atoms with van der Waals surface area (Å²) in [5.41, 5.74) is 0.948. The molecule has 0 N–H and O–H groups in total. The van der Waals surface area contributed by atoms with Crippen molar-refractivity contribution in [3.8, 4) is 0 Å². The van der Waals surface area contributed by atoms with Gasteiger partial charge in [0.1, 0.15) is 17.7 Å². The third-order valence-electron chi connectivity index (χ3n) is 3.73. The average Bonchev–Trinajstić information content (AvgIpc) is 3.19. The van der Waals surface area contributed by atoms with E-state index in [1.165, 1.54) is 0 Å². The van der Waals surface area contributed by atoms with Crippen LogP contribution in [-0.2, 0) is 11.3 Å². The Kier molecular flexibility index (Phi) is 4.29. The van der Waals surface area contributed by atoms with Crippen LogP contribution in [0.5, 0.6) is 0 Å². The Morgan fingerprint density at radius 1 is 1.45 bits per heavy atom. The van der Waals surface area contributed by atoms with Crippen molar-refractivity contribution < 1.29 is 18.5 Å². The first-order chi connectivity index (χ1) is 10.6. The Hall–Kier alpha value is -2.08. The molecule has 3 heterocycles. The van der Waals surface area contributed by atoms with Crippen molar-refractivity contribution in [2.24, 2.45) is 0 Å². The zero-order valence-corrected chi connectivity index (χ0v) is 12.8. The minimum Gasteiger partial charge on any atom is -0.457 e. The summed E-state index contributed by atoms with van der Waals surface area (Å²) in [4.78, 5) is 14.1. The topological polar surface area (TPSA) is 68.7 Å². The standard InChI is InChI=1S/C16H20N2O4/c1-11(2)21-16(19)15-6-5-12(22-15)10-18-8-3-4-14(18)13-7-9-20-17-13/h5-7,9,11,14H,3-4,8,10H2,1-2H3/t14-/m1/s1. The second-order valence-corrected chi connectivity index (χ2v) is 5.77. The van der Waals surface area contributed by atoms with Gasteiger partial charge in [0.2, 0.25) is 5.76 Å². The van der Waals surface area contributed by atoms with Crippen molar-refractivity contribution in [1.29, 1.82) is 0 Å². The SMILES string of the molecule is CC(C)OC(=O)c1ccc(CN2CCC[C@@H]2c2ccon2)o1. The molecule has 0 saturated carbocycles. The lowest BCUT2D eigenvalue weighted by atomic mass is 10.1. The second kappa shape index (κ2) is 6.36. The van der Waals surface area contributed by atoms with Gasteiger partial charge in [-0.2, -0.15) is 0 Å². The summed E-state index contributed by atoms with van der Waals surface area (Å²) in [5, 5.41) is 4.03. The molecule has 0 radical (unpaired) electrons. The molecule has 6 heteroatoms. The van der Waals surface area contributed by atoms with Crippen LogP contribution >= 0.6 is 0 Å². The van der Waals surface area contributed by atoms with Gasteiger partial charge in [0.25, 0.3) is 0 Å². The van der Waals surface area contributed by atoms with E-state index in [0.717, 1.165) is 30.8 Å². The minimum absolute atomic E-state index is 0.156. The Balaban J connectivity index is 1.66. The van der Waals surface area contributed by atoms with E-state index in [9.17, 15) is 4.79 Å². The van der Waals surface area contributed by atoms with Gasteiger partial charge < -0.3 is 13.7 Å².